The van der Waals surface area contributed by atoms with Crippen LogP contribution >= 0.6 is 11.3 Å². The molecular formula is C64H42N2S. The number of aromatic nitrogens is 1. The van der Waals surface area contributed by atoms with Crippen LogP contribution in [0.2, 0.25) is 0 Å². The second kappa shape index (κ2) is 16.2. The summed E-state index contributed by atoms with van der Waals surface area (Å²) in [6.07, 6.45) is 0. The van der Waals surface area contributed by atoms with Gasteiger partial charge in [-0.15, -0.1) is 11.3 Å². The minimum atomic E-state index is 1.08. The number of thiophene rings is 1. The van der Waals surface area contributed by atoms with E-state index in [4.69, 9.17) is 0 Å². The van der Waals surface area contributed by atoms with Crippen LogP contribution in [-0.2, 0) is 0 Å². The first-order chi connectivity index (χ1) is 33.3. The van der Waals surface area contributed by atoms with Crippen LogP contribution in [0.3, 0.4) is 0 Å². The lowest BCUT2D eigenvalue weighted by Gasteiger charge is -2.30. The quantitative estimate of drug-likeness (QED) is 0.148. The Bertz CT molecular complexity index is 3970. The predicted molar refractivity (Wildman–Crippen MR) is 288 cm³/mol. The van der Waals surface area contributed by atoms with Crippen LogP contribution in [0.1, 0.15) is 0 Å². The Morgan fingerprint density at radius 3 is 1.60 bits per heavy atom. The average Bonchev–Trinajstić information content (AvgIpc) is 3.95. The van der Waals surface area contributed by atoms with Crippen molar-refractivity contribution in [1.82, 2.24) is 4.57 Å². The Balaban J connectivity index is 1.02. The van der Waals surface area contributed by atoms with Crippen LogP contribution in [-0.4, -0.2) is 4.57 Å². The zero-order chi connectivity index (χ0) is 44.3. The van der Waals surface area contributed by atoms with E-state index in [-0.39, 0.29) is 0 Å². The number of anilines is 3. The van der Waals surface area contributed by atoms with Crippen molar-refractivity contribution >= 4 is 81.1 Å². The summed E-state index contributed by atoms with van der Waals surface area (Å²) in [5.41, 5.74) is 16.4. The zero-order valence-electron chi connectivity index (χ0n) is 36.6. The third kappa shape index (κ3) is 6.55. The van der Waals surface area contributed by atoms with Crippen LogP contribution in [0.4, 0.5) is 17.1 Å². The molecule has 0 N–H and O–H groups in total. The highest BCUT2D eigenvalue weighted by molar-refractivity contribution is 7.25. The molecule has 13 aromatic rings. The van der Waals surface area contributed by atoms with E-state index in [1.54, 1.807) is 0 Å². The number of fused-ring (bicyclic) bond motifs is 7. The molecule has 13 rings (SSSR count). The van der Waals surface area contributed by atoms with Gasteiger partial charge in [0.2, 0.25) is 0 Å². The van der Waals surface area contributed by atoms with Crippen LogP contribution in [0.15, 0.2) is 255 Å². The lowest BCUT2D eigenvalue weighted by atomic mass is 9.90. The minimum Gasteiger partial charge on any atom is -0.309 e. The van der Waals surface area contributed by atoms with Crippen molar-refractivity contribution in [1.29, 1.82) is 0 Å². The van der Waals surface area contributed by atoms with Crippen molar-refractivity contribution in [3.8, 4) is 50.2 Å². The second-order valence-corrected chi connectivity index (χ2v) is 18.3. The number of hydrogen-bond acceptors (Lipinski definition) is 2. The normalized spacial score (nSPS) is 11.6. The number of hydrogen-bond donors (Lipinski definition) is 0. The van der Waals surface area contributed by atoms with Gasteiger partial charge in [0.25, 0.3) is 0 Å². The van der Waals surface area contributed by atoms with Gasteiger partial charge < -0.3 is 9.47 Å². The van der Waals surface area contributed by atoms with Gasteiger partial charge in [0.15, 0.2) is 0 Å². The third-order valence-electron chi connectivity index (χ3n) is 13.4. The minimum absolute atomic E-state index is 1.08. The van der Waals surface area contributed by atoms with Crippen molar-refractivity contribution < 1.29 is 0 Å². The van der Waals surface area contributed by atoms with Crippen molar-refractivity contribution in [3.05, 3.63) is 255 Å². The molecule has 2 heterocycles. The van der Waals surface area contributed by atoms with E-state index in [0.29, 0.717) is 0 Å². The van der Waals surface area contributed by atoms with Crippen LogP contribution in [0, 0.1) is 0 Å². The van der Waals surface area contributed by atoms with Crippen molar-refractivity contribution in [2.45, 2.75) is 0 Å². The SMILES string of the molecule is c1ccc(-c2cccc3cccc(-c4ccccc4N(c4ccc(-c5ccc6c(c5)c5ccccc5n6-c5ccccc5)cc4)c4ccccc4-c4cccc5sc6ccccc6c45)c23)cc1. The molecule has 2 nitrogen and oxygen atoms in total. The Hall–Kier alpha value is -8.50. The van der Waals surface area contributed by atoms with Gasteiger partial charge in [0, 0.05) is 53.4 Å². The van der Waals surface area contributed by atoms with E-state index in [0.717, 1.165) is 28.3 Å². The lowest BCUT2D eigenvalue weighted by molar-refractivity contribution is 1.18. The smallest absolute Gasteiger partial charge is 0.0541 e. The van der Waals surface area contributed by atoms with Crippen LogP contribution in [0.25, 0.3) is 103 Å². The molecule has 0 amide bonds. The topological polar surface area (TPSA) is 8.17 Å². The summed E-state index contributed by atoms with van der Waals surface area (Å²) in [5.74, 6) is 0. The van der Waals surface area contributed by atoms with Crippen molar-refractivity contribution in [2.24, 2.45) is 0 Å². The highest BCUT2D eigenvalue weighted by atomic mass is 32.1. The molecule has 0 fully saturated rings. The molecule has 0 aliphatic carbocycles. The molecule has 0 aliphatic rings. The maximum Gasteiger partial charge on any atom is 0.0541 e. The van der Waals surface area contributed by atoms with Crippen LogP contribution in [0.5, 0.6) is 0 Å². The maximum atomic E-state index is 2.49. The summed E-state index contributed by atoms with van der Waals surface area (Å²) in [4.78, 5) is 2.49. The molecular weight excluding hydrogens is 829 g/mol. The predicted octanol–water partition coefficient (Wildman–Crippen LogP) is 18.4. The molecule has 0 saturated carbocycles. The highest BCUT2D eigenvalue weighted by Gasteiger charge is 2.24. The fourth-order valence-electron chi connectivity index (χ4n) is 10.4. The summed E-state index contributed by atoms with van der Waals surface area (Å²) in [6, 6.07) is 93.2. The molecule has 3 heteroatoms. The van der Waals surface area contributed by atoms with Gasteiger partial charge in [-0.25, -0.2) is 0 Å². The largest absolute Gasteiger partial charge is 0.309 e. The monoisotopic (exact) mass is 870 g/mol. The molecule has 2 aromatic heterocycles. The van der Waals surface area contributed by atoms with Crippen molar-refractivity contribution in [3.63, 3.8) is 0 Å². The number of benzene rings is 11. The second-order valence-electron chi connectivity index (χ2n) is 17.2. The summed E-state index contributed by atoms with van der Waals surface area (Å²) < 4.78 is 4.97. The van der Waals surface area contributed by atoms with Gasteiger partial charge in [-0.05, 0) is 111 Å². The van der Waals surface area contributed by atoms with Gasteiger partial charge >= 0.3 is 0 Å². The highest BCUT2D eigenvalue weighted by Crippen LogP contribution is 2.49. The van der Waals surface area contributed by atoms with Gasteiger partial charge in [-0.3, -0.25) is 0 Å². The fourth-order valence-corrected chi connectivity index (χ4v) is 11.6. The standard InChI is InChI=1S/C64H42N2S/c1-3-18-44(19-4-1)49-28-15-20-45-21-16-29-53(63(45)49)50-24-7-11-31-57(50)66(58-32-12-8-25-51(58)54-30-17-35-62-64(54)55-27-10-14-34-61(55)67-62)48-39-36-43(37-40-48)46-38-41-60-56(42-46)52-26-9-13-33-59(52)65(60)47-22-5-2-6-23-47/h1-42H. The van der Waals surface area contributed by atoms with Gasteiger partial charge in [-0.2, -0.15) is 0 Å². The van der Waals surface area contributed by atoms with E-state index in [1.165, 1.54) is 91.7 Å². The van der Waals surface area contributed by atoms with E-state index >= 15 is 0 Å². The molecule has 67 heavy (non-hydrogen) atoms. The Morgan fingerprint density at radius 1 is 0.313 bits per heavy atom. The zero-order valence-corrected chi connectivity index (χ0v) is 37.4. The molecule has 11 aromatic carbocycles. The molecule has 0 unspecified atom stereocenters. The Kier molecular flexibility index (Phi) is 9.40. The van der Waals surface area contributed by atoms with E-state index in [1.807, 2.05) is 11.3 Å². The third-order valence-corrected chi connectivity index (χ3v) is 14.5. The summed E-state index contributed by atoms with van der Waals surface area (Å²) in [6.45, 7) is 0. The molecule has 0 bridgehead atoms. The lowest BCUT2D eigenvalue weighted by Crippen LogP contribution is -2.12. The molecule has 0 spiro atoms. The van der Waals surface area contributed by atoms with Gasteiger partial charge in [0.1, 0.15) is 0 Å². The first kappa shape index (κ1) is 38.9. The number of para-hydroxylation sites is 4. The van der Waals surface area contributed by atoms with Gasteiger partial charge in [-0.1, -0.05) is 188 Å². The van der Waals surface area contributed by atoms with Crippen molar-refractivity contribution in [2.75, 3.05) is 4.90 Å². The van der Waals surface area contributed by atoms with E-state index in [9.17, 15) is 0 Å². The summed E-state index contributed by atoms with van der Waals surface area (Å²) >= 11 is 1.86. The molecule has 0 atom stereocenters. The fraction of sp³-hybridized carbons (Fsp3) is 0. The molecule has 0 saturated heterocycles. The molecule has 0 radical (unpaired) electrons. The molecule has 314 valence electrons. The van der Waals surface area contributed by atoms with Gasteiger partial charge in [0.05, 0.1) is 22.4 Å². The average molecular weight is 871 g/mol. The number of rotatable bonds is 8. The first-order valence-electron chi connectivity index (χ1n) is 22.9. The molecule has 0 aliphatic heterocycles. The number of nitrogens with zero attached hydrogens (tertiary/aromatic N) is 2. The van der Waals surface area contributed by atoms with E-state index in [2.05, 4.69) is 264 Å². The maximum absolute atomic E-state index is 2.49. The summed E-state index contributed by atoms with van der Waals surface area (Å²) in [7, 11) is 0. The Labute approximate surface area is 393 Å². The first-order valence-corrected chi connectivity index (χ1v) is 23.7. The summed E-state index contributed by atoms with van der Waals surface area (Å²) in [5, 5.41) is 7.53. The van der Waals surface area contributed by atoms with E-state index < -0.39 is 0 Å². The Morgan fingerprint density at radius 2 is 0.851 bits per heavy atom. The van der Waals surface area contributed by atoms with Crippen LogP contribution < -0.4 is 4.90 Å².